The summed E-state index contributed by atoms with van der Waals surface area (Å²) in [5.74, 6) is -2.24. The van der Waals surface area contributed by atoms with E-state index >= 15 is 0 Å². The SMILES string of the molecule is CCCOc1cc(Oc2cc(F)cc(F)c2)c(N)cc1F. The van der Waals surface area contributed by atoms with Crippen molar-refractivity contribution in [1.82, 2.24) is 0 Å². The van der Waals surface area contributed by atoms with Crippen LogP contribution in [0.15, 0.2) is 30.3 Å². The quantitative estimate of drug-likeness (QED) is 0.838. The molecule has 0 aliphatic carbocycles. The number of halogens is 3. The third-order valence-corrected chi connectivity index (χ3v) is 2.59. The predicted molar refractivity (Wildman–Crippen MR) is 73.0 cm³/mol. The highest BCUT2D eigenvalue weighted by Crippen LogP contribution is 2.34. The lowest BCUT2D eigenvalue weighted by Crippen LogP contribution is -2.00. The van der Waals surface area contributed by atoms with Crippen molar-refractivity contribution in [3.63, 3.8) is 0 Å². The molecule has 0 bridgehead atoms. The van der Waals surface area contributed by atoms with Gasteiger partial charge in [0.05, 0.1) is 12.3 Å². The first-order valence-electron chi connectivity index (χ1n) is 6.35. The largest absolute Gasteiger partial charge is 0.490 e. The number of benzene rings is 2. The summed E-state index contributed by atoms with van der Waals surface area (Å²) < 4.78 is 50.4. The fourth-order valence-electron chi connectivity index (χ4n) is 1.68. The molecular formula is C15H14F3NO2. The van der Waals surface area contributed by atoms with E-state index in [9.17, 15) is 13.2 Å². The van der Waals surface area contributed by atoms with Crippen LogP contribution in [0.25, 0.3) is 0 Å². The highest BCUT2D eigenvalue weighted by atomic mass is 19.1. The van der Waals surface area contributed by atoms with Gasteiger partial charge in [-0.3, -0.25) is 0 Å². The molecule has 0 radical (unpaired) electrons. The van der Waals surface area contributed by atoms with E-state index in [2.05, 4.69) is 0 Å². The molecule has 21 heavy (non-hydrogen) atoms. The molecule has 6 heteroatoms. The van der Waals surface area contributed by atoms with Gasteiger partial charge in [-0.1, -0.05) is 6.92 Å². The molecule has 0 unspecified atom stereocenters. The number of hydrogen-bond donors (Lipinski definition) is 1. The summed E-state index contributed by atoms with van der Waals surface area (Å²) in [5.41, 5.74) is 5.64. The molecular weight excluding hydrogens is 283 g/mol. The van der Waals surface area contributed by atoms with Gasteiger partial charge in [-0.15, -0.1) is 0 Å². The molecule has 0 heterocycles. The van der Waals surface area contributed by atoms with Crippen molar-refractivity contribution < 1.29 is 22.6 Å². The lowest BCUT2D eigenvalue weighted by Gasteiger charge is -2.12. The summed E-state index contributed by atoms with van der Waals surface area (Å²) in [6.07, 6.45) is 0.703. The molecule has 2 rings (SSSR count). The van der Waals surface area contributed by atoms with E-state index in [1.54, 1.807) is 0 Å². The summed E-state index contributed by atoms with van der Waals surface area (Å²) >= 11 is 0. The van der Waals surface area contributed by atoms with Gasteiger partial charge in [0.25, 0.3) is 0 Å². The van der Waals surface area contributed by atoms with Crippen molar-refractivity contribution in [1.29, 1.82) is 0 Å². The number of rotatable bonds is 5. The first-order chi connectivity index (χ1) is 9.99. The number of hydrogen-bond acceptors (Lipinski definition) is 3. The van der Waals surface area contributed by atoms with Gasteiger partial charge in [0.1, 0.15) is 17.4 Å². The van der Waals surface area contributed by atoms with Crippen LogP contribution in [0.5, 0.6) is 17.2 Å². The molecule has 112 valence electrons. The smallest absolute Gasteiger partial charge is 0.167 e. The van der Waals surface area contributed by atoms with Gasteiger partial charge in [-0.25, -0.2) is 13.2 Å². The first kappa shape index (κ1) is 15.0. The summed E-state index contributed by atoms with van der Waals surface area (Å²) in [7, 11) is 0. The standard InChI is InChI=1S/C15H14F3NO2/c1-2-3-20-14-8-15(13(19)7-12(14)18)21-11-5-9(16)4-10(17)6-11/h4-8H,2-3,19H2,1H3. The van der Waals surface area contributed by atoms with Gasteiger partial charge in [0.2, 0.25) is 0 Å². The lowest BCUT2D eigenvalue weighted by molar-refractivity contribution is 0.299. The van der Waals surface area contributed by atoms with Gasteiger partial charge in [-0.05, 0) is 6.42 Å². The van der Waals surface area contributed by atoms with E-state index in [0.29, 0.717) is 13.0 Å². The normalized spacial score (nSPS) is 10.5. The monoisotopic (exact) mass is 297 g/mol. The summed E-state index contributed by atoms with van der Waals surface area (Å²) in [5, 5.41) is 0. The van der Waals surface area contributed by atoms with Crippen LogP contribution in [0, 0.1) is 17.5 Å². The molecule has 0 amide bonds. The van der Waals surface area contributed by atoms with Crippen molar-refractivity contribution in [2.24, 2.45) is 0 Å². The second-order valence-electron chi connectivity index (χ2n) is 4.38. The van der Waals surface area contributed by atoms with Crippen LogP contribution in [-0.2, 0) is 0 Å². The predicted octanol–water partition coefficient (Wildman–Crippen LogP) is 4.27. The van der Waals surface area contributed by atoms with E-state index in [0.717, 1.165) is 24.3 Å². The van der Waals surface area contributed by atoms with Crippen LogP contribution in [0.2, 0.25) is 0 Å². The average molecular weight is 297 g/mol. The molecule has 0 fully saturated rings. The third kappa shape index (κ3) is 3.81. The second kappa shape index (κ2) is 6.39. The van der Waals surface area contributed by atoms with E-state index in [1.807, 2.05) is 6.92 Å². The molecule has 2 N–H and O–H groups in total. The molecule has 0 aliphatic heterocycles. The Morgan fingerprint density at radius 2 is 1.62 bits per heavy atom. The zero-order chi connectivity index (χ0) is 15.4. The maximum atomic E-state index is 13.6. The number of ether oxygens (including phenoxy) is 2. The molecule has 0 spiro atoms. The molecule has 0 saturated carbocycles. The Bertz CT molecular complexity index is 627. The van der Waals surface area contributed by atoms with Crippen molar-refractivity contribution in [2.45, 2.75) is 13.3 Å². The zero-order valence-electron chi connectivity index (χ0n) is 11.3. The topological polar surface area (TPSA) is 44.5 Å². The minimum Gasteiger partial charge on any atom is -0.490 e. The van der Waals surface area contributed by atoms with Gasteiger partial charge in [-0.2, -0.15) is 0 Å². The summed E-state index contributed by atoms with van der Waals surface area (Å²) in [6.45, 7) is 2.21. The van der Waals surface area contributed by atoms with E-state index in [4.69, 9.17) is 15.2 Å². The molecule has 0 atom stereocenters. The highest BCUT2D eigenvalue weighted by molar-refractivity contribution is 5.57. The van der Waals surface area contributed by atoms with E-state index in [-0.39, 0.29) is 22.9 Å². The minimum absolute atomic E-state index is 0.000942. The number of nitrogen functional groups attached to an aromatic ring is 1. The Hall–Kier alpha value is -2.37. The summed E-state index contributed by atoms with van der Waals surface area (Å²) in [4.78, 5) is 0. The third-order valence-electron chi connectivity index (χ3n) is 2.59. The minimum atomic E-state index is -0.784. The average Bonchev–Trinajstić information content (AvgIpc) is 2.39. The Morgan fingerprint density at radius 1 is 0.952 bits per heavy atom. The van der Waals surface area contributed by atoms with Crippen LogP contribution >= 0.6 is 0 Å². The number of nitrogens with two attached hydrogens (primary N) is 1. The van der Waals surface area contributed by atoms with Gasteiger partial charge < -0.3 is 15.2 Å². The van der Waals surface area contributed by atoms with Crippen LogP contribution in [-0.4, -0.2) is 6.61 Å². The molecule has 0 aromatic heterocycles. The Kier molecular flexibility index (Phi) is 4.57. The van der Waals surface area contributed by atoms with Crippen LogP contribution < -0.4 is 15.2 Å². The lowest BCUT2D eigenvalue weighted by atomic mass is 10.2. The second-order valence-corrected chi connectivity index (χ2v) is 4.38. The summed E-state index contributed by atoms with van der Waals surface area (Å²) in [6, 6.07) is 5.01. The van der Waals surface area contributed by atoms with Crippen molar-refractivity contribution in [3.8, 4) is 17.2 Å². The van der Waals surface area contributed by atoms with Crippen molar-refractivity contribution in [3.05, 3.63) is 47.8 Å². The molecule has 2 aromatic carbocycles. The fourth-order valence-corrected chi connectivity index (χ4v) is 1.68. The molecule has 3 nitrogen and oxygen atoms in total. The Morgan fingerprint density at radius 3 is 2.24 bits per heavy atom. The van der Waals surface area contributed by atoms with Gasteiger partial charge >= 0.3 is 0 Å². The Labute approximate surface area is 120 Å². The molecule has 0 saturated heterocycles. The van der Waals surface area contributed by atoms with Crippen molar-refractivity contribution in [2.75, 3.05) is 12.3 Å². The molecule has 0 aliphatic rings. The fraction of sp³-hybridized carbons (Fsp3) is 0.200. The van der Waals surface area contributed by atoms with Crippen LogP contribution in [0.3, 0.4) is 0 Å². The van der Waals surface area contributed by atoms with E-state index < -0.39 is 17.5 Å². The maximum absolute atomic E-state index is 13.6. The van der Waals surface area contributed by atoms with Gasteiger partial charge in [0.15, 0.2) is 17.3 Å². The number of anilines is 1. The van der Waals surface area contributed by atoms with Crippen molar-refractivity contribution >= 4 is 5.69 Å². The Balaban J connectivity index is 2.30. The first-order valence-corrected chi connectivity index (χ1v) is 6.35. The maximum Gasteiger partial charge on any atom is 0.167 e. The van der Waals surface area contributed by atoms with E-state index in [1.165, 1.54) is 6.07 Å². The highest BCUT2D eigenvalue weighted by Gasteiger charge is 2.12. The molecule has 2 aromatic rings. The van der Waals surface area contributed by atoms with Crippen LogP contribution in [0.4, 0.5) is 18.9 Å². The zero-order valence-corrected chi connectivity index (χ0v) is 11.3. The van der Waals surface area contributed by atoms with Gasteiger partial charge in [0, 0.05) is 30.3 Å². The van der Waals surface area contributed by atoms with Crippen LogP contribution in [0.1, 0.15) is 13.3 Å².